The summed E-state index contributed by atoms with van der Waals surface area (Å²) in [5.41, 5.74) is 7.51. The van der Waals surface area contributed by atoms with Gasteiger partial charge >= 0.3 is 0 Å². The summed E-state index contributed by atoms with van der Waals surface area (Å²) < 4.78 is 8.36. The third kappa shape index (κ3) is 2.75. The average molecular weight is 444 g/mol. The number of fused-ring (bicyclic) bond motifs is 6. The number of halogens is 1. The molecule has 2 heterocycles. The monoisotopic (exact) mass is 443 g/mol. The molecule has 156 valence electrons. The summed E-state index contributed by atoms with van der Waals surface area (Å²) in [5, 5.41) is 5.25. The third-order valence-corrected chi connectivity index (χ3v) is 6.77. The van der Waals surface area contributed by atoms with E-state index in [-0.39, 0.29) is 0 Å². The summed E-state index contributed by atoms with van der Waals surface area (Å²) in [7, 11) is 0. The van der Waals surface area contributed by atoms with Crippen molar-refractivity contribution in [2.24, 2.45) is 0 Å². The van der Waals surface area contributed by atoms with Crippen molar-refractivity contribution in [3.05, 3.63) is 114 Å². The molecular weight excluding hydrogens is 426 g/mol. The van der Waals surface area contributed by atoms with Gasteiger partial charge in [-0.3, -0.25) is 0 Å². The quantitative estimate of drug-likeness (QED) is 0.260. The number of aromatic nitrogens is 1. The first-order valence-electron chi connectivity index (χ1n) is 11.0. The first kappa shape index (κ1) is 18.6. The van der Waals surface area contributed by atoms with E-state index in [2.05, 4.69) is 95.6 Å². The molecule has 0 aliphatic rings. The molecule has 0 aliphatic heterocycles. The van der Waals surface area contributed by atoms with E-state index >= 15 is 0 Å². The van der Waals surface area contributed by atoms with Crippen molar-refractivity contribution in [2.45, 2.75) is 0 Å². The molecule has 5 aromatic carbocycles. The van der Waals surface area contributed by atoms with Crippen LogP contribution in [0.15, 0.2) is 114 Å². The van der Waals surface area contributed by atoms with E-state index in [1.165, 1.54) is 33.1 Å². The molecule has 0 atom stereocenters. The first-order valence-corrected chi connectivity index (χ1v) is 11.4. The van der Waals surface area contributed by atoms with Crippen LogP contribution in [0.25, 0.3) is 60.6 Å². The summed E-state index contributed by atoms with van der Waals surface area (Å²) in [5.74, 6) is 0. The van der Waals surface area contributed by atoms with Gasteiger partial charge in [0.2, 0.25) is 0 Å². The van der Waals surface area contributed by atoms with Crippen LogP contribution in [0.4, 0.5) is 0 Å². The Balaban J connectivity index is 1.48. The van der Waals surface area contributed by atoms with Crippen molar-refractivity contribution in [3.63, 3.8) is 0 Å². The average Bonchev–Trinajstić information content (AvgIpc) is 3.40. The molecule has 0 radical (unpaired) electrons. The van der Waals surface area contributed by atoms with E-state index in [4.69, 9.17) is 16.0 Å². The molecule has 2 aromatic heterocycles. The highest BCUT2D eigenvalue weighted by molar-refractivity contribution is 6.35. The Hall–Kier alpha value is -4.01. The molecular formula is C30H18ClNO. The summed E-state index contributed by atoms with van der Waals surface area (Å²) in [4.78, 5) is 0. The van der Waals surface area contributed by atoms with Crippen molar-refractivity contribution < 1.29 is 4.42 Å². The van der Waals surface area contributed by atoms with Gasteiger partial charge in [-0.2, -0.15) is 0 Å². The molecule has 0 unspecified atom stereocenters. The molecule has 2 nitrogen and oxygen atoms in total. The largest absolute Gasteiger partial charge is 0.454 e. The molecule has 33 heavy (non-hydrogen) atoms. The van der Waals surface area contributed by atoms with E-state index in [0.717, 1.165) is 27.5 Å². The van der Waals surface area contributed by atoms with E-state index in [0.29, 0.717) is 5.02 Å². The fraction of sp³-hybridized carbons (Fsp3) is 0. The maximum absolute atomic E-state index is 6.36. The molecule has 3 heteroatoms. The van der Waals surface area contributed by atoms with Crippen LogP contribution in [-0.2, 0) is 0 Å². The summed E-state index contributed by atoms with van der Waals surface area (Å²) in [6.45, 7) is 0. The standard InChI is InChI=1S/C30H18ClNO/c31-26-11-6-10-23-25-18-20(14-16-29(25)33-30(23)26)19-13-15-28-24(17-19)22-9-4-5-12-27(22)32(28)21-7-2-1-3-8-21/h1-18H. The fourth-order valence-corrected chi connectivity index (χ4v) is 5.16. The van der Waals surface area contributed by atoms with E-state index < -0.39 is 0 Å². The van der Waals surface area contributed by atoms with Gasteiger partial charge in [0, 0.05) is 27.2 Å². The number of nitrogens with zero attached hydrogens (tertiary/aromatic N) is 1. The normalized spacial score (nSPS) is 11.8. The molecule has 0 bridgehead atoms. The Kier molecular flexibility index (Phi) is 3.93. The Morgan fingerprint density at radius 1 is 0.545 bits per heavy atom. The number of rotatable bonds is 2. The Morgan fingerprint density at radius 2 is 1.24 bits per heavy atom. The zero-order valence-electron chi connectivity index (χ0n) is 17.6. The minimum atomic E-state index is 0.639. The predicted octanol–water partition coefficient (Wildman–Crippen LogP) is 9.00. The Labute approximate surface area is 195 Å². The van der Waals surface area contributed by atoms with Gasteiger partial charge in [0.05, 0.1) is 16.1 Å². The highest BCUT2D eigenvalue weighted by Gasteiger charge is 2.14. The van der Waals surface area contributed by atoms with Crippen LogP contribution in [-0.4, -0.2) is 4.57 Å². The minimum Gasteiger partial charge on any atom is -0.454 e. The second-order valence-corrected chi connectivity index (χ2v) is 8.76. The van der Waals surface area contributed by atoms with Crippen LogP contribution in [0.2, 0.25) is 5.02 Å². The lowest BCUT2D eigenvalue weighted by Gasteiger charge is -2.08. The molecule has 7 rings (SSSR count). The lowest BCUT2D eigenvalue weighted by atomic mass is 10.0. The van der Waals surface area contributed by atoms with Gasteiger partial charge < -0.3 is 8.98 Å². The Bertz CT molecular complexity index is 1830. The van der Waals surface area contributed by atoms with Gasteiger partial charge in [-0.25, -0.2) is 0 Å². The van der Waals surface area contributed by atoms with Crippen LogP contribution < -0.4 is 0 Å². The molecule has 0 spiro atoms. The van der Waals surface area contributed by atoms with Gasteiger partial charge in [-0.15, -0.1) is 0 Å². The zero-order valence-corrected chi connectivity index (χ0v) is 18.4. The van der Waals surface area contributed by atoms with Gasteiger partial charge in [0.15, 0.2) is 5.58 Å². The fourth-order valence-electron chi connectivity index (χ4n) is 4.95. The minimum absolute atomic E-state index is 0.639. The summed E-state index contributed by atoms with van der Waals surface area (Å²) in [6, 6.07) is 38.1. The van der Waals surface area contributed by atoms with Gasteiger partial charge in [-0.05, 0) is 59.7 Å². The van der Waals surface area contributed by atoms with Crippen LogP contribution in [0.5, 0.6) is 0 Å². The Morgan fingerprint density at radius 3 is 2.12 bits per heavy atom. The maximum Gasteiger partial charge on any atom is 0.153 e. The van der Waals surface area contributed by atoms with E-state index in [1.807, 2.05) is 18.2 Å². The number of hydrogen-bond acceptors (Lipinski definition) is 1. The van der Waals surface area contributed by atoms with Crippen LogP contribution in [0, 0.1) is 0 Å². The lowest BCUT2D eigenvalue weighted by molar-refractivity contribution is 0.669. The third-order valence-electron chi connectivity index (χ3n) is 6.47. The predicted molar refractivity (Wildman–Crippen MR) is 139 cm³/mol. The van der Waals surface area contributed by atoms with Crippen LogP contribution >= 0.6 is 11.6 Å². The van der Waals surface area contributed by atoms with Gasteiger partial charge in [0.25, 0.3) is 0 Å². The molecule has 0 fully saturated rings. The molecule has 0 saturated heterocycles. The van der Waals surface area contributed by atoms with Crippen LogP contribution in [0.3, 0.4) is 0 Å². The highest BCUT2D eigenvalue weighted by atomic mass is 35.5. The topological polar surface area (TPSA) is 18.1 Å². The zero-order chi connectivity index (χ0) is 21.9. The SMILES string of the molecule is Clc1cccc2c1oc1ccc(-c3ccc4c(c3)c3ccccc3n4-c3ccccc3)cc12. The molecule has 0 amide bonds. The van der Waals surface area contributed by atoms with Crippen molar-refractivity contribution in [1.29, 1.82) is 0 Å². The molecule has 0 aliphatic carbocycles. The second kappa shape index (κ2) is 6.99. The van der Waals surface area contributed by atoms with Crippen LogP contribution in [0.1, 0.15) is 0 Å². The van der Waals surface area contributed by atoms with Crippen molar-refractivity contribution >= 4 is 55.3 Å². The molecule has 0 saturated carbocycles. The van der Waals surface area contributed by atoms with Gasteiger partial charge in [0.1, 0.15) is 5.58 Å². The lowest BCUT2D eigenvalue weighted by Crippen LogP contribution is -1.92. The van der Waals surface area contributed by atoms with E-state index in [1.54, 1.807) is 0 Å². The first-order chi connectivity index (χ1) is 16.3. The van der Waals surface area contributed by atoms with Crippen molar-refractivity contribution in [2.75, 3.05) is 0 Å². The summed E-state index contributed by atoms with van der Waals surface area (Å²) in [6.07, 6.45) is 0. The van der Waals surface area contributed by atoms with Crippen molar-refractivity contribution in [1.82, 2.24) is 4.57 Å². The second-order valence-electron chi connectivity index (χ2n) is 8.35. The van der Waals surface area contributed by atoms with Crippen molar-refractivity contribution in [3.8, 4) is 16.8 Å². The number of benzene rings is 5. The summed E-state index contributed by atoms with van der Waals surface area (Å²) >= 11 is 6.36. The number of furan rings is 1. The maximum atomic E-state index is 6.36. The number of para-hydroxylation sites is 3. The smallest absolute Gasteiger partial charge is 0.153 e. The van der Waals surface area contributed by atoms with E-state index in [9.17, 15) is 0 Å². The molecule has 7 aromatic rings. The number of hydrogen-bond donors (Lipinski definition) is 0. The highest BCUT2D eigenvalue weighted by Crippen LogP contribution is 2.38. The van der Waals surface area contributed by atoms with Gasteiger partial charge in [-0.1, -0.05) is 72.3 Å². The molecule has 0 N–H and O–H groups in total.